The fourth-order valence-corrected chi connectivity index (χ4v) is 1.71. The van der Waals surface area contributed by atoms with Crippen LogP contribution in [0.4, 0.5) is 0 Å². The SMILES string of the molecule is CCCC1C=CCC(C=O)C1. The number of rotatable bonds is 3. The summed E-state index contributed by atoms with van der Waals surface area (Å²) in [7, 11) is 0. The van der Waals surface area contributed by atoms with Gasteiger partial charge in [-0.3, -0.25) is 0 Å². The maximum Gasteiger partial charge on any atom is 0.123 e. The predicted molar refractivity (Wildman–Crippen MR) is 46.3 cm³/mol. The van der Waals surface area contributed by atoms with Gasteiger partial charge in [0.05, 0.1) is 0 Å². The zero-order valence-electron chi connectivity index (χ0n) is 7.12. The molecule has 2 unspecified atom stereocenters. The van der Waals surface area contributed by atoms with Crippen molar-refractivity contribution in [3.05, 3.63) is 12.2 Å². The minimum atomic E-state index is 0.302. The molecule has 0 N–H and O–H groups in total. The smallest absolute Gasteiger partial charge is 0.123 e. The Balaban J connectivity index is 2.38. The van der Waals surface area contributed by atoms with Gasteiger partial charge >= 0.3 is 0 Å². The third-order valence-electron chi connectivity index (χ3n) is 2.30. The summed E-state index contributed by atoms with van der Waals surface area (Å²) >= 11 is 0. The topological polar surface area (TPSA) is 17.1 Å². The van der Waals surface area contributed by atoms with Gasteiger partial charge in [0.15, 0.2) is 0 Å². The molecule has 1 aliphatic carbocycles. The van der Waals surface area contributed by atoms with Crippen molar-refractivity contribution in [2.24, 2.45) is 11.8 Å². The van der Waals surface area contributed by atoms with Crippen molar-refractivity contribution in [1.29, 1.82) is 0 Å². The molecule has 0 fully saturated rings. The standard InChI is InChI=1S/C10H16O/c1-2-4-9-5-3-6-10(7-9)8-11/h3,5,8-10H,2,4,6-7H2,1H3. The highest BCUT2D eigenvalue weighted by molar-refractivity contribution is 5.54. The molecule has 0 radical (unpaired) electrons. The minimum absolute atomic E-state index is 0.302. The van der Waals surface area contributed by atoms with Crippen LogP contribution in [-0.2, 0) is 4.79 Å². The van der Waals surface area contributed by atoms with Crippen molar-refractivity contribution in [1.82, 2.24) is 0 Å². The van der Waals surface area contributed by atoms with Crippen LogP contribution in [0.1, 0.15) is 32.6 Å². The number of hydrogen-bond donors (Lipinski definition) is 0. The molecule has 0 aromatic rings. The van der Waals surface area contributed by atoms with Gasteiger partial charge in [-0.1, -0.05) is 25.5 Å². The number of carbonyl (C=O) groups is 1. The van der Waals surface area contributed by atoms with Crippen molar-refractivity contribution in [3.8, 4) is 0 Å². The summed E-state index contributed by atoms with van der Waals surface area (Å²) in [5.74, 6) is 0.973. The van der Waals surface area contributed by atoms with Gasteiger partial charge in [0, 0.05) is 5.92 Å². The lowest BCUT2D eigenvalue weighted by molar-refractivity contribution is -0.111. The van der Waals surface area contributed by atoms with E-state index in [1.807, 2.05) is 0 Å². The third kappa shape index (κ3) is 2.49. The molecule has 0 aromatic carbocycles. The quantitative estimate of drug-likeness (QED) is 0.448. The summed E-state index contributed by atoms with van der Waals surface area (Å²) in [6, 6.07) is 0. The van der Waals surface area contributed by atoms with E-state index in [1.165, 1.54) is 12.8 Å². The molecule has 0 bridgehead atoms. The molecule has 1 nitrogen and oxygen atoms in total. The van der Waals surface area contributed by atoms with Gasteiger partial charge < -0.3 is 4.79 Å². The highest BCUT2D eigenvalue weighted by Gasteiger charge is 2.15. The van der Waals surface area contributed by atoms with Gasteiger partial charge in [0.25, 0.3) is 0 Å². The molecule has 0 aliphatic heterocycles. The molecule has 0 saturated carbocycles. The van der Waals surface area contributed by atoms with E-state index in [0.717, 1.165) is 19.1 Å². The van der Waals surface area contributed by atoms with Gasteiger partial charge in [0.1, 0.15) is 6.29 Å². The average molecular weight is 152 g/mol. The van der Waals surface area contributed by atoms with Gasteiger partial charge in [-0.2, -0.15) is 0 Å². The van der Waals surface area contributed by atoms with Crippen LogP contribution in [0, 0.1) is 11.8 Å². The fourth-order valence-electron chi connectivity index (χ4n) is 1.71. The largest absolute Gasteiger partial charge is 0.303 e. The molecule has 62 valence electrons. The first-order valence-corrected chi connectivity index (χ1v) is 4.48. The summed E-state index contributed by atoms with van der Waals surface area (Å²) in [4.78, 5) is 10.5. The van der Waals surface area contributed by atoms with Crippen LogP contribution in [-0.4, -0.2) is 6.29 Å². The second-order valence-corrected chi connectivity index (χ2v) is 3.34. The van der Waals surface area contributed by atoms with Gasteiger partial charge in [-0.25, -0.2) is 0 Å². The second-order valence-electron chi connectivity index (χ2n) is 3.34. The summed E-state index contributed by atoms with van der Waals surface area (Å²) in [5.41, 5.74) is 0. The monoisotopic (exact) mass is 152 g/mol. The first-order valence-electron chi connectivity index (χ1n) is 4.48. The second kappa shape index (κ2) is 4.32. The molecule has 2 atom stereocenters. The maximum atomic E-state index is 10.5. The van der Waals surface area contributed by atoms with E-state index in [0.29, 0.717) is 11.8 Å². The van der Waals surface area contributed by atoms with Crippen molar-refractivity contribution in [2.45, 2.75) is 32.6 Å². The lowest BCUT2D eigenvalue weighted by Crippen LogP contribution is -2.11. The van der Waals surface area contributed by atoms with Gasteiger partial charge in [0.2, 0.25) is 0 Å². The number of allylic oxidation sites excluding steroid dienone is 2. The molecule has 0 heterocycles. The Hall–Kier alpha value is -0.590. The zero-order valence-corrected chi connectivity index (χ0v) is 7.12. The van der Waals surface area contributed by atoms with Crippen LogP contribution in [0.2, 0.25) is 0 Å². The number of carbonyl (C=O) groups excluding carboxylic acids is 1. The molecule has 11 heavy (non-hydrogen) atoms. The van der Waals surface area contributed by atoms with E-state index in [9.17, 15) is 4.79 Å². The number of aldehydes is 1. The normalized spacial score (nSPS) is 30.3. The van der Waals surface area contributed by atoms with E-state index in [1.54, 1.807) is 0 Å². The van der Waals surface area contributed by atoms with Crippen molar-refractivity contribution >= 4 is 6.29 Å². The molecular formula is C10H16O. The fraction of sp³-hybridized carbons (Fsp3) is 0.700. The van der Waals surface area contributed by atoms with E-state index in [-0.39, 0.29) is 0 Å². The first-order chi connectivity index (χ1) is 5.36. The molecule has 0 saturated heterocycles. The van der Waals surface area contributed by atoms with E-state index in [4.69, 9.17) is 0 Å². The van der Waals surface area contributed by atoms with E-state index in [2.05, 4.69) is 19.1 Å². The Morgan fingerprint density at radius 1 is 1.64 bits per heavy atom. The van der Waals surface area contributed by atoms with E-state index >= 15 is 0 Å². The van der Waals surface area contributed by atoms with Crippen LogP contribution >= 0.6 is 0 Å². The molecule has 1 heteroatoms. The molecule has 0 amide bonds. The first kappa shape index (κ1) is 8.51. The summed E-state index contributed by atoms with van der Waals surface area (Å²) < 4.78 is 0. The average Bonchev–Trinajstić information content (AvgIpc) is 2.06. The minimum Gasteiger partial charge on any atom is -0.303 e. The Kier molecular flexibility index (Phi) is 3.34. The highest BCUT2D eigenvalue weighted by Crippen LogP contribution is 2.24. The van der Waals surface area contributed by atoms with Gasteiger partial charge in [-0.05, 0) is 25.2 Å². The highest BCUT2D eigenvalue weighted by atomic mass is 16.1. The molecule has 1 rings (SSSR count). The molecule has 1 aliphatic rings. The van der Waals surface area contributed by atoms with Crippen LogP contribution in [0.5, 0.6) is 0 Å². The summed E-state index contributed by atoms with van der Waals surface area (Å²) in [5, 5.41) is 0. The van der Waals surface area contributed by atoms with Crippen LogP contribution in [0.3, 0.4) is 0 Å². The Bertz CT molecular complexity index is 149. The predicted octanol–water partition coefficient (Wildman–Crippen LogP) is 2.57. The van der Waals surface area contributed by atoms with Crippen molar-refractivity contribution in [2.75, 3.05) is 0 Å². The molecule has 0 aromatic heterocycles. The maximum absolute atomic E-state index is 10.5. The van der Waals surface area contributed by atoms with Crippen LogP contribution in [0.25, 0.3) is 0 Å². The lowest BCUT2D eigenvalue weighted by Gasteiger charge is -2.19. The van der Waals surface area contributed by atoms with Crippen molar-refractivity contribution in [3.63, 3.8) is 0 Å². The third-order valence-corrected chi connectivity index (χ3v) is 2.30. The molecular weight excluding hydrogens is 136 g/mol. The summed E-state index contributed by atoms with van der Waals surface area (Å²) in [6.45, 7) is 2.19. The zero-order chi connectivity index (χ0) is 8.10. The van der Waals surface area contributed by atoms with Gasteiger partial charge in [-0.15, -0.1) is 0 Å². The summed E-state index contributed by atoms with van der Waals surface area (Å²) in [6.07, 6.45) is 10.0. The Morgan fingerprint density at radius 3 is 3.09 bits per heavy atom. The van der Waals surface area contributed by atoms with Crippen LogP contribution in [0.15, 0.2) is 12.2 Å². The Labute approximate surface area is 68.5 Å². The van der Waals surface area contributed by atoms with E-state index < -0.39 is 0 Å². The lowest BCUT2D eigenvalue weighted by atomic mass is 9.85. The van der Waals surface area contributed by atoms with Crippen molar-refractivity contribution < 1.29 is 4.79 Å². The number of hydrogen-bond acceptors (Lipinski definition) is 1. The Morgan fingerprint density at radius 2 is 2.45 bits per heavy atom. The van der Waals surface area contributed by atoms with Crippen LogP contribution < -0.4 is 0 Å². The molecule has 0 spiro atoms.